The minimum absolute atomic E-state index is 0.143. The van der Waals surface area contributed by atoms with E-state index in [-0.39, 0.29) is 5.56 Å². The number of nitrogens with one attached hydrogen (secondary N) is 1. The SMILES string of the molecule is CCCc1nc(-c2cncc(OCC)c2)cc(=O)[nH]1. The van der Waals surface area contributed by atoms with E-state index in [4.69, 9.17) is 4.74 Å². The third kappa shape index (κ3) is 3.40. The van der Waals surface area contributed by atoms with Gasteiger partial charge < -0.3 is 9.72 Å². The first kappa shape index (κ1) is 13.3. The molecule has 100 valence electrons. The molecule has 0 saturated heterocycles. The molecule has 0 bridgehead atoms. The molecule has 1 N–H and O–H groups in total. The highest BCUT2D eigenvalue weighted by Gasteiger charge is 2.05. The van der Waals surface area contributed by atoms with Crippen LogP contribution >= 0.6 is 0 Å². The standard InChI is InChI=1S/C14H17N3O2/c1-3-5-13-16-12(7-14(18)17-13)10-6-11(19-4-2)9-15-8-10/h6-9H,3-5H2,1-2H3,(H,16,17,18). The molecule has 0 aliphatic carbocycles. The van der Waals surface area contributed by atoms with Crippen molar-refractivity contribution < 1.29 is 4.74 Å². The lowest BCUT2D eigenvalue weighted by Gasteiger charge is -2.06. The van der Waals surface area contributed by atoms with Crippen LogP contribution in [0.5, 0.6) is 5.75 Å². The summed E-state index contributed by atoms with van der Waals surface area (Å²) in [6.45, 7) is 4.54. The largest absolute Gasteiger partial charge is 0.492 e. The highest BCUT2D eigenvalue weighted by molar-refractivity contribution is 5.59. The molecule has 0 aliphatic rings. The average molecular weight is 259 g/mol. The van der Waals surface area contributed by atoms with Gasteiger partial charge in [0, 0.05) is 24.2 Å². The zero-order chi connectivity index (χ0) is 13.7. The van der Waals surface area contributed by atoms with Crippen LogP contribution in [-0.4, -0.2) is 21.6 Å². The van der Waals surface area contributed by atoms with Crippen molar-refractivity contribution in [1.82, 2.24) is 15.0 Å². The van der Waals surface area contributed by atoms with E-state index >= 15 is 0 Å². The van der Waals surface area contributed by atoms with Crippen LogP contribution in [0.2, 0.25) is 0 Å². The molecule has 0 atom stereocenters. The number of ether oxygens (including phenoxy) is 1. The van der Waals surface area contributed by atoms with Crippen molar-refractivity contribution >= 4 is 0 Å². The zero-order valence-corrected chi connectivity index (χ0v) is 11.1. The van der Waals surface area contributed by atoms with E-state index in [1.54, 1.807) is 12.4 Å². The molecule has 0 aromatic carbocycles. The van der Waals surface area contributed by atoms with Gasteiger partial charge in [0.2, 0.25) is 0 Å². The third-order valence-corrected chi connectivity index (χ3v) is 2.60. The first-order valence-corrected chi connectivity index (χ1v) is 6.41. The van der Waals surface area contributed by atoms with Crippen LogP contribution in [0.15, 0.2) is 29.3 Å². The van der Waals surface area contributed by atoms with Gasteiger partial charge in [-0.25, -0.2) is 4.98 Å². The molecule has 19 heavy (non-hydrogen) atoms. The fourth-order valence-electron chi connectivity index (χ4n) is 1.82. The van der Waals surface area contributed by atoms with Crippen molar-refractivity contribution in [3.8, 4) is 17.0 Å². The summed E-state index contributed by atoms with van der Waals surface area (Å²) in [7, 11) is 0. The van der Waals surface area contributed by atoms with Crippen LogP contribution < -0.4 is 10.3 Å². The number of rotatable bonds is 5. The summed E-state index contributed by atoms with van der Waals surface area (Å²) in [6, 6.07) is 3.32. The summed E-state index contributed by atoms with van der Waals surface area (Å²) in [5.41, 5.74) is 1.27. The predicted molar refractivity (Wildman–Crippen MR) is 73.3 cm³/mol. The minimum Gasteiger partial charge on any atom is -0.492 e. The molecule has 2 aromatic heterocycles. The summed E-state index contributed by atoms with van der Waals surface area (Å²) < 4.78 is 5.40. The van der Waals surface area contributed by atoms with E-state index in [0.717, 1.165) is 18.4 Å². The first-order valence-electron chi connectivity index (χ1n) is 6.41. The molecule has 0 radical (unpaired) electrons. The Kier molecular flexibility index (Phi) is 4.28. The smallest absolute Gasteiger partial charge is 0.251 e. The molecule has 5 nitrogen and oxygen atoms in total. The highest BCUT2D eigenvalue weighted by atomic mass is 16.5. The molecule has 0 spiro atoms. The molecular weight excluding hydrogens is 242 g/mol. The Labute approximate surface area is 111 Å². The molecule has 0 amide bonds. The van der Waals surface area contributed by atoms with Crippen LogP contribution in [-0.2, 0) is 6.42 Å². The Bertz CT molecular complexity index is 608. The second-order valence-corrected chi connectivity index (χ2v) is 4.17. The van der Waals surface area contributed by atoms with E-state index in [9.17, 15) is 4.79 Å². The van der Waals surface area contributed by atoms with Gasteiger partial charge in [0.1, 0.15) is 11.6 Å². The number of aromatic nitrogens is 3. The fourth-order valence-corrected chi connectivity index (χ4v) is 1.82. The second kappa shape index (κ2) is 6.13. The molecule has 0 saturated carbocycles. The number of pyridine rings is 1. The number of H-pyrrole nitrogens is 1. The van der Waals surface area contributed by atoms with Crippen molar-refractivity contribution in [3.63, 3.8) is 0 Å². The Balaban J connectivity index is 2.40. The van der Waals surface area contributed by atoms with E-state index in [1.807, 2.05) is 19.9 Å². The van der Waals surface area contributed by atoms with Crippen LogP contribution in [0.25, 0.3) is 11.3 Å². The number of nitrogens with zero attached hydrogens (tertiary/aromatic N) is 2. The highest BCUT2D eigenvalue weighted by Crippen LogP contribution is 2.19. The molecule has 2 aromatic rings. The minimum atomic E-state index is -0.143. The molecule has 5 heteroatoms. The van der Waals surface area contributed by atoms with Crippen molar-refractivity contribution in [2.45, 2.75) is 26.7 Å². The zero-order valence-electron chi connectivity index (χ0n) is 11.1. The van der Waals surface area contributed by atoms with Gasteiger partial charge in [0.25, 0.3) is 5.56 Å². The molecule has 2 heterocycles. The maximum atomic E-state index is 11.6. The monoisotopic (exact) mass is 259 g/mol. The summed E-state index contributed by atoms with van der Waals surface area (Å²) >= 11 is 0. The van der Waals surface area contributed by atoms with Gasteiger partial charge in [0.05, 0.1) is 18.5 Å². The van der Waals surface area contributed by atoms with E-state index in [1.165, 1.54) is 6.07 Å². The molecule has 2 rings (SSSR count). The Morgan fingerprint density at radius 3 is 2.84 bits per heavy atom. The van der Waals surface area contributed by atoms with Gasteiger partial charge in [-0.2, -0.15) is 0 Å². The van der Waals surface area contributed by atoms with Crippen LogP contribution in [0.1, 0.15) is 26.1 Å². The fraction of sp³-hybridized carbons (Fsp3) is 0.357. The lowest BCUT2D eigenvalue weighted by molar-refractivity contribution is 0.339. The number of hydrogen-bond donors (Lipinski definition) is 1. The van der Waals surface area contributed by atoms with Crippen molar-refractivity contribution in [1.29, 1.82) is 0 Å². The number of aryl methyl sites for hydroxylation is 1. The predicted octanol–water partition coefficient (Wildman–Crippen LogP) is 2.18. The van der Waals surface area contributed by atoms with Gasteiger partial charge in [-0.1, -0.05) is 6.92 Å². The Morgan fingerprint density at radius 1 is 1.26 bits per heavy atom. The van der Waals surface area contributed by atoms with Crippen molar-refractivity contribution in [3.05, 3.63) is 40.7 Å². The van der Waals surface area contributed by atoms with Gasteiger partial charge in [-0.05, 0) is 19.4 Å². The van der Waals surface area contributed by atoms with E-state index < -0.39 is 0 Å². The molecular formula is C14H17N3O2. The lowest BCUT2D eigenvalue weighted by atomic mass is 10.2. The van der Waals surface area contributed by atoms with Gasteiger partial charge >= 0.3 is 0 Å². The maximum absolute atomic E-state index is 11.6. The van der Waals surface area contributed by atoms with E-state index in [0.29, 0.717) is 23.9 Å². The van der Waals surface area contributed by atoms with E-state index in [2.05, 4.69) is 15.0 Å². The molecule has 0 aliphatic heterocycles. The Morgan fingerprint density at radius 2 is 2.11 bits per heavy atom. The second-order valence-electron chi connectivity index (χ2n) is 4.17. The maximum Gasteiger partial charge on any atom is 0.251 e. The Hall–Kier alpha value is -2.17. The van der Waals surface area contributed by atoms with Gasteiger partial charge in [-0.3, -0.25) is 9.78 Å². The number of hydrogen-bond acceptors (Lipinski definition) is 4. The summed E-state index contributed by atoms with van der Waals surface area (Å²) in [5, 5.41) is 0. The van der Waals surface area contributed by atoms with Gasteiger partial charge in [0.15, 0.2) is 0 Å². The normalized spacial score (nSPS) is 10.4. The quantitative estimate of drug-likeness (QED) is 0.893. The lowest BCUT2D eigenvalue weighted by Crippen LogP contribution is -2.11. The first-order chi connectivity index (χ1) is 9.22. The van der Waals surface area contributed by atoms with Crippen molar-refractivity contribution in [2.75, 3.05) is 6.61 Å². The van der Waals surface area contributed by atoms with Crippen molar-refractivity contribution in [2.24, 2.45) is 0 Å². The number of aromatic amines is 1. The molecule has 0 unspecified atom stereocenters. The third-order valence-electron chi connectivity index (χ3n) is 2.60. The van der Waals surface area contributed by atoms with Crippen LogP contribution in [0.4, 0.5) is 0 Å². The summed E-state index contributed by atoms with van der Waals surface area (Å²) in [5.74, 6) is 1.38. The van der Waals surface area contributed by atoms with Crippen LogP contribution in [0.3, 0.4) is 0 Å². The van der Waals surface area contributed by atoms with Gasteiger partial charge in [-0.15, -0.1) is 0 Å². The van der Waals surface area contributed by atoms with Crippen LogP contribution in [0, 0.1) is 0 Å². The average Bonchev–Trinajstić information content (AvgIpc) is 2.39. The topological polar surface area (TPSA) is 67.9 Å². The molecule has 0 fully saturated rings. The summed E-state index contributed by atoms with van der Waals surface area (Å²) in [4.78, 5) is 22.9. The summed E-state index contributed by atoms with van der Waals surface area (Å²) in [6.07, 6.45) is 5.01.